The highest BCUT2D eigenvalue weighted by Gasteiger charge is 2.15. The SMILES string of the molecule is C[C@H](NC(=O)NCCc1ccc2c(c1)OCO2)c1nncn1C. The summed E-state index contributed by atoms with van der Waals surface area (Å²) in [5, 5.41) is 13.4. The van der Waals surface area contributed by atoms with Crippen molar-refractivity contribution in [2.75, 3.05) is 13.3 Å². The molecule has 3 rings (SSSR count). The molecule has 2 N–H and O–H groups in total. The first kappa shape index (κ1) is 15.1. The van der Waals surface area contributed by atoms with Gasteiger partial charge in [-0.05, 0) is 31.0 Å². The van der Waals surface area contributed by atoms with Crippen molar-refractivity contribution >= 4 is 6.03 Å². The fourth-order valence-electron chi connectivity index (χ4n) is 2.41. The summed E-state index contributed by atoms with van der Waals surface area (Å²) in [6.07, 6.45) is 2.31. The van der Waals surface area contributed by atoms with E-state index in [0.29, 0.717) is 18.8 Å². The third-order valence-electron chi connectivity index (χ3n) is 3.62. The molecule has 8 heteroatoms. The summed E-state index contributed by atoms with van der Waals surface area (Å²) in [7, 11) is 1.84. The molecule has 0 bridgehead atoms. The smallest absolute Gasteiger partial charge is 0.315 e. The van der Waals surface area contributed by atoms with Crippen LogP contribution in [0.25, 0.3) is 0 Å². The van der Waals surface area contributed by atoms with Crippen LogP contribution in [0.4, 0.5) is 4.79 Å². The number of benzene rings is 1. The zero-order valence-electron chi connectivity index (χ0n) is 13.1. The molecule has 2 amide bonds. The lowest BCUT2D eigenvalue weighted by atomic mass is 10.1. The standard InChI is InChI=1S/C15H19N5O3/c1-10(14-19-17-8-20(14)2)18-15(21)16-6-5-11-3-4-12-13(7-11)23-9-22-12/h3-4,7-8,10H,5-6,9H2,1-2H3,(H2,16,18,21)/t10-/m0/s1. The Morgan fingerprint density at radius 2 is 2.22 bits per heavy atom. The van der Waals surface area contributed by atoms with E-state index in [0.717, 1.165) is 17.1 Å². The molecular weight excluding hydrogens is 298 g/mol. The first-order valence-corrected chi connectivity index (χ1v) is 7.40. The molecule has 1 aromatic heterocycles. The molecule has 23 heavy (non-hydrogen) atoms. The number of ether oxygens (including phenoxy) is 2. The zero-order chi connectivity index (χ0) is 16.2. The van der Waals surface area contributed by atoms with Crippen molar-refractivity contribution in [3.8, 4) is 11.5 Å². The highest BCUT2D eigenvalue weighted by molar-refractivity contribution is 5.74. The second-order valence-electron chi connectivity index (χ2n) is 5.36. The predicted octanol–water partition coefficient (Wildman–Crippen LogP) is 1.15. The number of aromatic nitrogens is 3. The van der Waals surface area contributed by atoms with Crippen LogP contribution < -0.4 is 20.1 Å². The van der Waals surface area contributed by atoms with Crippen LogP contribution in [0, 0.1) is 0 Å². The van der Waals surface area contributed by atoms with Crippen LogP contribution in [-0.2, 0) is 13.5 Å². The Kier molecular flexibility index (Phi) is 4.31. The van der Waals surface area contributed by atoms with Crippen LogP contribution in [0.2, 0.25) is 0 Å². The summed E-state index contributed by atoms with van der Waals surface area (Å²) < 4.78 is 12.4. The van der Waals surface area contributed by atoms with Gasteiger partial charge in [0.05, 0.1) is 6.04 Å². The topological polar surface area (TPSA) is 90.3 Å². The fourth-order valence-corrected chi connectivity index (χ4v) is 2.41. The minimum absolute atomic E-state index is 0.215. The van der Waals surface area contributed by atoms with E-state index in [1.54, 1.807) is 10.9 Å². The summed E-state index contributed by atoms with van der Waals surface area (Å²) >= 11 is 0. The number of hydrogen-bond donors (Lipinski definition) is 2. The highest BCUT2D eigenvalue weighted by Crippen LogP contribution is 2.32. The molecule has 1 aliphatic rings. The Bertz CT molecular complexity index is 700. The number of aryl methyl sites for hydroxylation is 1. The Morgan fingerprint density at radius 3 is 3.00 bits per heavy atom. The van der Waals surface area contributed by atoms with Gasteiger partial charge in [0.25, 0.3) is 0 Å². The van der Waals surface area contributed by atoms with Crippen molar-refractivity contribution in [2.45, 2.75) is 19.4 Å². The van der Waals surface area contributed by atoms with E-state index in [9.17, 15) is 4.79 Å². The Morgan fingerprint density at radius 1 is 1.39 bits per heavy atom. The van der Waals surface area contributed by atoms with Gasteiger partial charge in [-0.3, -0.25) is 0 Å². The van der Waals surface area contributed by atoms with Crippen LogP contribution >= 0.6 is 0 Å². The second kappa shape index (κ2) is 6.55. The molecule has 2 aromatic rings. The van der Waals surface area contributed by atoms with Gasteiger partial charge in [-0.2, -0.15) is 0 Å². The van der Waals surface area contributed by atoms with Crippen molar-refractivity contribution in [1.82, 2.24) is 25.4 Å². The monoisotopic (exact) mass is 317 g/mol. The minimum atomic E-state index is -0.235. The Balaban J connectivity index is 1.45. The average Bonchev–Trinajstić information content (AvgIpc) is 3.15. The number of fused-ring (bicyclic) bond motifs is 1. The molecule has 1 atom stereocenters. The first-order chi connectivity index (χ1) is 11.1. The van der Waals surface area contributed by atoms with Gasteiger partial charge in [-0.25, -0.2) is 4.79 Å². The van der Waals surface area contributed by atoms with Crippen molar-refractivity contribution in [1.29, 1.82) is 0 Å². The molecule has 1 aromatic carbocycles. The predicted molar refractivity (Wildman–Crippen MR) is 82.2 cm³/mol. The number of rotatable bonds is 5. The van der Waals surface area contributed by atoms with Crippen LogP contribution in [0.3, 0.4) is 0 Å². The van der Waals surface area contributed by atoms with E-state index in [1.807, 2.05) is 32.2 Å². The molecule has 0 saturated heterocycles. The van der Waals surface area contributed by atoms with Gasteiger partial charge in [0.15, 0.2) is 17.3 Å². The largest absolute Gasteiger partial charge is 0.454 e. The van der Waals surface area contributed by atoms with E-state index < -0.39 is 0 Å². The number of carbonyl (C=O) groups is 1. The van der Waals surface area contributed by atoms with E-state index in [4.69, 9.17) is 9.47 Å². The van der Waals surface area contributed by atoms with Gasteiger partial charge in [-0.15, -0.1) is 10.2 Å². The van der Waals surface area contributed by atoms with Gasteiger partial charge >= 0.3 is 6.03 Å². The minimum Gasteiger partial charge on any atom is -0.454 e. The molecule has 8 nitrogen and oxygen atoms in total. The van der Waals surface area contributed by atoms with Gasteiger partial charge in [0.1, 0.15) is 6.33 Å². The number of hydrogen-bond acceptors (Lipinski definition) is 5. The summed E-state index contributed by atoms with van der Waals surface area (Å²) in [6, 6.07) is 5.34. The lowest BCUT2D eigenvalue weighted by molar-refractivity contribution is 0.174. The van der Waals surface area contributed by atoms with Crippen molar-refractivity contribution in [2.24, 2.45) is 7.05 Å². The van der Waals surface area contributed by atoms with Gasteiger partial charge < -0.3 is 24.7 Å². The van der Waals surface area contributed by atoms with Gasteiger partial charge in [0, 0.05) is 13.6 Å². The maximum absolute atomic E-state index is 11.9. The number of urea groups is 1. The third-order valence-corrected chi connectivity index (χ3v) is 3.62. The number of nitrogens with one attached hydrogen (secondary N) is 2. The maximum atomic E-state index is 11.9. The summed E-state index contributed by atoms with van der Waals surface area (Å²) in [4.78, 5) is 11.9. The van der Waals surface area contributed by atoms with Gasteiger partial charge in [0.2, 0.25) is 6.79 Å². The number of carbonyl (C=O) groups excluding carboxylic acids is 1. The second-order valence-corrected chi connectivity index (χ2v) is 5.36. The molecule has 0 spiro atoms. The molecule has 0 aliphatic carbocycles. The molecule has 0 radical (unpaired) electrons. The molecule has 0 fully saturated rings. The van der Waals surface area contributed by atoms with Crippen molar-refractivity contribution in [3.05, 3.63) is 35.9 Å². The maximum Gasteiger partial charge on any atom is 0.315 e. The van der Waals surface area contributed by atoms with E-state index >= 15 is 0 Å². The third kappa shape index (κ3) is 3.53. The van der Waals surface area contributed by atoms with Crippen LogP contribution in [-0.4, -0.2) is 34.1 Å². The van der Waals surface area contributed by atoms with Crippen LogP contribution in [0.1, 0.15) is 24.4 Å². The average molecular weight is 317 g/mol. The van der Waals surface area contributed by atoms with E-state index in [-0.39, 0.29) is 18.9 Å². The lowest BCUT2D eigenvalue weighted by Gasteiger charge is -2.13. The highest BCUT2D eigenvalue weighted by atomic mass is 16.7. The zero-order valence-corrected chi connectivity index (χ0v) is 13.1. The number of nitrogens with zero attached hydrogens (tertiary/aromatic N) is 3. The summed E-state index contributed by atoms with van der Waals surface area (Å²) in [5.41, 5.74) is 1.08. The molecule has 122 valence electrons. The molecular formula is C15H19N5O3. The number of amides is 2. The first-order valence-electron chi connectivity index (χ1n) is 7.40. The van der Waals surface area contributed by atoms with Gasteiger partial charge in [-0.1, -0.05) is 6.07 Å². The van der Waals surface area contributed by atoms with Crippen LogP contribution in [0.15, 0.2) is 24.5 Å². The van der Waals surface area contributed by atoms with Crippen molar-refractivity contribution in [3.63, 3.8) is 0 Å². The van der Waals surface area contributed by atoms with Crippen LogP contribution in [0.5, 0.6) is 11.5 Å². The van der Waals surface area contributed by atoms with E-state index in [2.05, 4.69) is 20.8 Å². The summed E-state index contributed by atoms with van der Waals surface area (Å²) in [5.74, 6) is 2.22. The van der Waals surface area contributed by atoms with Crippen molar-refractivity contribution < 1.29 is 14.3 Å². The quantitative estimate of drug-likeness (QED) is 0.863. The molecule has 0 saturated carbocycles. The Hall–Kier alpha value is -2.77. The molecule has 2 heterocycles. The normalized spacial score (nSPS) is 13.7. The van der Waals surface area contributed by atoms with E-state index in [1.165, 1.54) is 0 Å². The Labute approximate surface area is 133 Å². The fraction of sp³-hybridized carbons (Fsp3) is 0.400. The molecule has 1 aliphatic heterocycles. The molecule has 0 unspecified atom stereocenters. The summed E-state index contributed by atoms with van der Waals surface area (Å²) in [6.45, 7) is 2.65. The lowest BCUT2D eigenvalue weighted by Crippen LogP contribution is -2.38.